The van der Waals surface area contributed by atoms with Crippen LogP contribution in [0.25, 0.3) is 0 Å². The lowest BCUT2D eigenvalue weighted by molar-refractivity contribution is -0.138. The Morgan fingerprint density at radius 3 is 2.19 bits per heavy atom. The third kappa shape index (κ3) is 4.48. The number of nitrogens with zero attached hydrogens (tertiary/aromatic N) is 1. The first-order valence-corrected chi connectivity index (χ1v) is 7.49. The van der Waals surface area contributed by atoms with E-state index in [9.17, 15) is 9.59 Å². The van der Waals surface area contributed by atoms with Gasteiger partial charge in [-0.1, -0.05) is 6.58 Å². The van der Waals surface area contributed by atoms with Gasteiger partial charge in [0.15, 0.2) is 0 Å². The molecule has 0 aromatic heterocycles. The number of ether oxygens (including phenoxy) is 1. The number of carbonyl (C=O) groups is 2. The second-order valence-corrected chi connectivity index (χ2v) is 6.96. The van der Waals surface area contributed by atoms with Gasteiger partial charge < -0.3 is 15.0 Å². The number of nitrogens with one attached hydrogen (secondary N) is 1. The number of amides is 2. The summed E-state index contributed by atoms with van der Waals surface area (Å²) in [6.45, 7) is 13.9. The highest BCUT2D eigenvalue weighted by Crippen LogP contribution is 2.37. The van der Waals surface area contributed by atoms with Gasteiger partial charge in [-0.3, -0.25) is 0 Å². The molecule has 0 unspecified atom stereocenters. The first-order valence-electron chi connectivity index (χ1n) is 7.49. The van der Waals surface area contributed by atoms with Crippen LogP contribution < -0.4 is 5.32 Å². The van der Waals surface area contributed by atoms with Gasteiger partial charge in [0, 0.05) is 16.7 Å². The summed E-state index contributed by atoms with van der Waals surface area (Å²) in [5.74, 6) is -0.428. The molecule has 0 radical (unpaired) electrons. The van der Waals surface area contributed by atoms with Crippen LogP contribution in [0.2, 0.25) is 0 Å². The van der Waals surface area contributed by atoms with E-state index in [-0.39, 0.29) is 23.7 Å². The topological polar surface area (TPSA) is 58.6 Å². The molecule has 120 valence electrons. The summed E-state index contributed by atoms with van der Waals surface area (Å²) in [5.41, 5.74) is 0.0279. The molecule has 1 aliphatic heterocycles. The smallest absolute Gasteiger partial charge is 0.333 e. The molecule has 0 aromatic carbocycles. The van der Waals surface area contributed by atoms with Crippen molar-refractivity contribution in [3.05, 3.63) is 12.2 Å². The average molecular weight is 296 g/mol. The Morgan fingerprint density at radius 1 is 1.19 bits per heavy atom. The van der Waals surface area contributed by atoms with E-state index >= 15 is 0 Å². The molecule has 1 fully saturated rings. The van der Waals surface area contributed by atoms with Crippen molar-refractivity contribution in [2.24, 2.45) is 0 Å². The Labute approximate surface area is 127 Å². The molecular formula is C16H28N2O3. The lowest BCUT2D eigenvalue weighted by atomic mass is 9.80. The number of esters is 1. The van der Waals surface area contributed by atoms with Crippen molar-refractivity contribution in [1.82, 2.24) is 10.2 Å². The van der Waals surface area contributed by atoms with Gasteiger partial charge in [-0.15, -0.1) is 0 Å². The number of likely N-dealkylation sites (tertiary alicyclic amines) is 1. The SMILES string of the molecule is C=C(C)C(=O)OCCNC(=O)N1C(C)(C)CCCC1(C)C. The van der Waals surface area contributed by atoms with Gasteiger partial charge in [0.1, 0.15) is 6.61 Å². The van der Waals surface area contributed by atoms with Crippen LogP contribution >= 0.6 is 0 Å². The fraction of sp³-hybridized carbons (Fsp3) is 0.750. The third-order valence-corrected chi connectivity index (χ3v) is 3.95. The summed E-state index contributed by atoms with van der Waals surface area (Å²) >= 11 is 0. The molecule has 0 saturated carbocycles. The molecule has 0 atom stereocenters. The van der Waals surface area contributed by atoms with Gasteiger partial charge in [0.2, 0.25) is 0 Å². The maximum absolute atomic E-state index is 12.5. The number of piperidine rings is 1. The van der Waals surface area contributed by atoms with Crippen molar-refractivity contribution in [2.75, 3.05) is 13.2 Å². The summed E-state index contributed by atoms with van der Waals surface area (Å²) in [5, 5.41) is 2.84. The zero-order chi connectivity index (χ0) is 16.3. The van der Waals surface area contributed by atoms with Crippen LogP contribution in [-0.2, 0) is 9.53 Å². The van der Waals surface area contributed by atoms with E-state index in [1.807, 2.05) is 4.90 Å². The predicted octanol–water partition coefficient (Wildman–Crippen LogP) is 2.86. The summed E-state index contributed by atoms with van der Waals surface area (Å²) in [7, 11) is 0. The Hall–Kier alpha value is -1.52. The second kappa shape index (κ2) is 6.50. The third-order valence-electron chi connectivity index (χ3n) is 3.95. The maximum Gasteiger partial charge on any atom is 0.333 e. The van der Waals surface area contributed by atoms with E-state index in [1.165, 1.54) is 0 Å². The Kier molecular flexibility index (Phi) is 5.42. The lowest BCUT2D eigenvalue weighted by Crippen LogP contribution is -2.63. The standard InChI is InChI=1S/C16H28N2O3/c1-12(2)13(19)21-11-10-17-14(20)18-15(3,4)8-7-9-16(18,5)6/h1,7-11H2,2-6H3,(H,17,20). The Balaban J connectivity index is 2.53. The molecule has 0 spiro atoms. The minimum atomic E-state index is -0.428. The van der Waals surface area contributed by atoms with E-state index in [0.717, 1.165) is 19.3 Å². The van der Waals surface area contributed by atoms with Gasteiger partial charge in [-0.2, -0.15) is 0 Å². The van der Waals surface area contributed by atoms with Crippen molar-refractivity contribution in [3.8, 4) is 0 Å². The minimum absolute atomic E-state index is 0.101. The highest BCUT2D eigenvalue weighted by Gasteiger charge is 2.44. The number of hydrogen-bond acceptors (Lipinski definition) is 3. The van der Waals surface area contributed by atoms with E-state index < -0.39 is 5.97 Å². The van der Waals surface area contributed by atoms with Gasteiger partial charge in [-0.25, -0.2) is 9.59 Å². The van der Waals surface area contributed by atoms with Crippen molar-refractivity contribution in [2.45, 2.75) is 65.0 Å². The highest BCUT2D eigenvalue weighted by atomic mass is 16.5. The molecule has 5 nitrogen and oxygen atoms in total. The first kappa shape index (κ1) is 17.5. The normalized spacial score (nSPS) is 19.8. The van der Waals surface area contributed by atoms with E-state index in [0.29, 0.717) is 12.1 Å². The molecule has 1 aliphatic rings. The number of urea groups is 1. The van der Waals surface area contributed by atoms with E-state index in [4.69, 9.17) is 4.74 Å². The number of rotatable bonds is 4. The van der Waals surface area contributed by atoms with Crippen molar-refractivity contribution in [1.29, 1.82) is 0 Å². The average Bonchev–Trinajstić information content (AvgIpc) is 2.31. The quantitative estimate of drug-likeness (QED) is 0.493. The second-order valence-electron chi connectivity index (χ2n) is 6.96. The van der Waals surface area contributed by atoms with Gasteiger partial charge >= 0.3 is 12.0 Å². The zero-order valence-corrected chi connectivity index (χ0v) is 13.9. The predicted molar refractivity (Wildman–Crippen MR) is 83.0 cm³/mol. The van der Waals surface area contributed by atoms with Crippen LogP contribution in [-0.4, -0.2) is 41.1 Å². The number of hydrogen-bond donors (Lipinski definition) is 1. The van der Waals surface area contributed by atoms with Crippen LogP contribution in [0.1, 0.15) is 53.9 Å². The molecule has 0 bridgehead atoms. The Morgan fingerprint density at radius 2 is 1.71 bits per heavy atom. The molecule has 1 heterocycles. The molecule has 0 aromatic rings. The highest BCUT2D eigenvalue weighted by molar-refractivity contribution is 5.86. The molecule has 2 amide bonds. The fourth-order valence-electron chi connectivity index (χ4n) is 3.05. The molecule has 1 rings (SSSR count). The van der Waals surface area contributed by atoms with Gasteiger partial charge in [0.05, 0.1) is 6.54 Å². The van der Waals surface area contributed by atoms with Crippen LogP contribution in [0, 0.1) is 0 Å². The van der Waals surface area contributed by atoms with Crippen molar-refractivity contribution in [3.63, 3.8) is 0 Å². The Bertz CT molecular complexity index is 411. The monoisotopic (exact) mass is 296 g/mol. The maximum atomic E-state index is 12.5. The molecule has 0 aliphatic carbocycles. The molecule has 1 saturated heterocycles. The van der Waals surface area contributed by atoms with Crippen LogP contribution in [0.5, 0.6) is 0 Å². The van der Waals surface area contributed by atoms with Gasteiger partial charge in [-0.05, 0) is 53.9 Å². The summed E-state index contributed by atoms with van der Waals surface area (Å²) in [6.07, 6.45) is 3.11. The van der Waals surface area contributed by atoms with Crippen molar-refractivity contribution < 1.29 is 14.3 Å². The fourth-order valence-corrected chi connectivity index (χ4v) is 3.05. The summed E-state index contributed by atoms with van der Waals surface area (Å²) in [6, 6.07) is -0.101. The van der Waals surface area contributed by atoms with Crippen LogP contribution in [0.3, 0.4) is 0 Å². The largest absolute Gasteiger partial charge is 0.460 e. The molecule has 5 heteroatoms. The summed E-state index contributed by atoms with van der Waals surface area (Å²) in [4.78, 5) is 25.6. The first-order chi connectivity index (χ1) is 9.58. The lowest BCUT2D eigenvalue weighted by Gasteiger charge is -2.52. The summed E-state index contributed by atoms with van der Waals surface area (Å²) < 4.78 is 4.97. The van der Waals surface area contributed by atoms with Crippen LogP contribution in [0.4, 0.5) is 4.79 Å². The molecular weight excluding hydrogens is 268 g/mol. The minimum Gasteiger partial charge on any atom is -0.460 e. The van der Waals surface area contributed by atoms with Crippen molar-refractivity contribution >= 4 is 12.0 Å². The van der Waals surface area contributed by atoms with E-state index in [1.54, 1.807) is 6.92 Å². The molecule has 21 heavy (non-hydrogen) atoms. The zero-order valence-electron chi connectivity index (χ0n) is 13.9. The molecule has 1 N–H and O–H groups in total. The number of carbonyl (C=O) groups excluding carboxylic acids is 2. The van der Waals surface area contributed by atoms with Crippen LogP contribution in [0.15, 0.2) is 12.2 Å². The van der Waals surface area contributed by atoms with E-state index in [2.05, 4.69) is 39.6 Å². The van der Waals surface area contributed by atoms with Gasteiger partial charge in [0.25, 0.3) is 0 Å².